The minimum absolute atomic E-state index is 0.0539. The van der Waals surface area contributed by atoms with Crippen molar-refractivity contribution >= 4 is 27.5 Å². The van der Waals surface area contributed by atoms with Gasteiger partial charge < -0.3 is 10.1 Å². The van der Waals surface area contributed by atoms with Crippen molar-refractivity contribution in [1.82, 2.24) is 4.90 Å². The highest BCUT2D eigenvalue weighted by Crippen LogP contribution is 2.24. The Bertz CT molecular complexity index is 673. The number of ether oxygens (including phenoxy) is 1. The zero-order valence-electron chi connectivity index (χ0n) is 14.3. The smallest absolute Gasteiger partial charge is 0.241 e. The van der Waals surface area contributed by atoms with Gasteiger partial charge >= 0.3 is 0 Å². The average molecular weight is 391 g/mol. The first kappa shape index (κ1) is 18.5. The number of hydrogen-bond donors (Lipinski definition) is 1. The van der Waals surface area contributed by atoms with Gasteiger partial charge in [0.2, 0.25) is 5.91 Å². The highest BCUT2D eigenvalue weighted by Gasteiger charge is 2.19. The van der Waals surface area contributed by atoms with E-state index < -0.39 is 0 Å². The van der Waals surface area contributed by atoms with Crippen LogP contribution in [0.1, 0.15) is 19.4 Å². The minimum Gasteiger partial charge on any atom is -0.492 e. The molecule has 2 rings (SSSR count). The molecule has 0 saturated heterocycles. The van der Waals surface area contributed by atoms with Crippen LogP contribution in [0.2, 0.25) is 0 Å². The van der Waals surface area contributed by atoms with Crippen LogP contribution in [0, 0.1) is 0 Å². The summed E-state index contributed by atoms with van der Waals surface area (Å²) in [6.07, 6.45) is 0. The molecule has 0 fully saturated rings. The predicted octanol–water partition coefficient (Wildman–Crippen LogP) is 4.31. The quantitative estimate of drug-likeness (QED) is 0.765. The molecule has 0 saturated carbocycles. The average Bonchev–Trinajstić information content (AvgIpc) is 2.58. The molecule has 2 aromatic rings. The van der Waals surface area contributed by atoms with Gasteiger partial charge in [-0.1, -0.05) is 40.2 Å². The number of para-hydroxylation sites is 2. The molecule has 1 unspecified atom stereocenters. The molecule has 1 N–H and O–H groups in total. The number of halogens is 1. The third-order valence-corrected chi connectivity index (χ3v) is 4.36. The summed E-state index contributed by atoms with van der Waals surface area (Å²) in [5.74, 6) is 0.637. The van der Waals surface area contributed by atoms with Crippen molar-refractivity contribution in [3.05, 3.63) is 58.6 Å². The van der Waals surface area contributed by atoms with Crippen molar-refractivity contribution in [3.63, 3.8) is 0 Å². The molecule has 1 atom stereocenters. The van der Waals surface area contributed by atoms with Crippen molar-refractivity contribution in [1.29, 1.82) is 0 Å². The van der Waals surface area contributed by atoms with E-state index in [1.165, 1.54) is 0 Å². The first-order valence-electron chi connectivity index (χ1n) is 7.98. The molecule has 4 nitrogen and oxygen atoms in total. The molecule has 0 aromatic heterocycles. The number of carbonyl (C=O) groups is 1. The van der Waals surface area contributed by atoms with Crippen molar-refractivity contribution in [2.24, 2.45) is 0 Å². The van der Waals surface area contributed by atoms with Gasteiger partial charge in [0.15, 0.2) is 0 Å². The molecule has 0 heterocycles. The number of hydrogen-bond acceptors (Lipinski definition) is 3. The number of nitrogens with zero attached hydrogens (tertiary/aromatic N) is 1. The SMILES string of the molecule is CCOc1ccccc1NC(=O)C(C)N(C)Cc1ccc(Br)cc1. The zero-order chi connectivity index (χ0) is 17.5. The molecule has 0 aliphatic heterocycles. The van der Waals surface area contributed by atoms with Gasteiger partial charge in [0.05, 0.1) is 18.3 Å². The monoisotopic (exact) mass is 390 g/mol. The fourth-order valence-electron chi connectivity index (χ4n) is 2.30. The van der Waals surface area contributed by atoms with E-state index in [2.05, 4.69) is 33.4 Å². The predicted molar refractivity (Wildman–Crippen MR) is 101 cm³/mol. The topological polar surface area (TPSA) is 41.6 Å². The maximum atomic E-state index is 12.5. The Morgan fingerprint density at radius 3 is 2.54 bits per heavy atom. The van der Waals surface area contributed by atoms with Crippen molar-refractivity contribution in [3.8, 4) is 5.75 Å². The van der Waals surface area contributed by atoms with Crippen LogP contribution in [0.3, 0.4) is 0 Å². The molecule has 0 bridgehead atoms. The third-order valence-electron chi connectivity index (χ3n) is 3.83. The van der Waals surface area contributed by atoms with Crippen LogP contribution in [-0.4, -0.2) is 30.5 Å². The van der Waals surface area contributed by atoms with E-state index in [4.69, 9.17) is 4.74 Å². The summed E-state index contributed by atoms with van der Waals surface area (Å²) in [6, 6.07) is 15.3. The molecule has 0 aliphatic rings. The molecule has 1 amide bonds. The summed E-state index contributed by atoms with van der Waals surface area (Å²) in [6.45, 7) is 5.09. The highest BCUT2D eigenvalue weighted by molar-refractivity contribution is 9.10. The molecule has 0 radical (unpaired) electrons. The van der Waals surface area contributed by atoms with E-state index in [-0.39, 0.29) is 11.9 Å². The largest absolute Gasteiger partial charge is 0.492 e. The molecule has 128 valence electrons. The highest BCUT2D eigenvalue weighted by atomic mass is 79.9. The maximum Gasteiger partial charge on any atom is 0.241 e. The molecule has 2 aromatic carbocycles. The van der Waals surface area contributed by atoms with Crippen LogP contribution in [0.4, 0.5) is 5.69 Å². The van der Waals surface area contributed by atoms with E-state index in [9.17, 15) is 4.79 Å². The molecule has 0 spiro atoms. The van der Waals surface area contributed by atoms with Crippen molar-refractivity contribution in [2.45, 2.75) is 26.4 Å². The second-order valence-electron chi connectivity index (χ2n) is 5.64. The molecule has 24 heavy (non-hydrogen) atoms. The van der Waals surface area contributed by atoms with E-state index in [0.29, 0.717) is 24.6 Å². The number of anilines is 1. The van der Waals surface area contributed by atoms with Crippen LogP contribution in [0.5, 0.6) is 5.75 Å². The molecular weight excluding hydrogens is 368 g/mol. The number of likely N-dealkylation sites (N-methyl/N-ethyl adjacent to an activating group) is 1. The van der Waals surface area contributed by atoms with Crippen molar-refractivity contribution in [2.75, 3.05) is 19.0 Å². The number of nitrogens with one attached hydrogen (secondary N) is 1. The summed E-state index contributed by atoms with van der Waals surface area (Å²) >= 11 is 3.43. The van der Waals surface area contributed by atoms with Crippen LogP contribution in [-0.2, 0) is 11.3 Å². The lowest BCUT2D eigenvalue weighted by atomic mass is 10.2. The van der Waals surface area contributed by atoms with Crippen LogP contribution in [0.15, 0.2) is 53.0 Å². The second kappa shape index (κ2) is 8.85. The lowest BCUT2D eigenvalue weighted by Gasteiger charge is -2.24. The van der Waals surface area contributed by atoms with Crippen molar-refractivity contribution < 1.29 is 9.53 Å². The fraction of sp³-hybridized carbons (Fsp3) is 0.316. The van der Waals surface area contributed by atoms with Crippen LogP contribution in [0.25, 0.3) is 0 Å². The van der Waals surface area contributed by atoms with E-state index in [1.54, 1.807) is 0 Å². The Labute approximate surface area is 151 Å². The number of rotatable bonds is 7. The zero-order valence-corrected chi connectivity index (χ0v) is 15.8. The Morgan fingerprint density at radius 1 is 1.21 bits per heavy atom. The van der Waals surface area contributed by atoms with Gasteiger partial charge in [-0.2, -0.15) is 0 Å². The standard InChI is InChI=1S/C19H23BrN2O2/c1-4-24-18-8-6-5-7-17(18)21-19(23)14(2)22(3)13-15-9-11-16(20)12-10-15/h5-12,14H,4,13H2,1-3H3,(H,21,23). The van der Waals surface area contributed by atoms with Gasteiger partial charge in [0.25, 0.3) is 0 Å². The van der Waals surface area contributed by atoms with E-state index in [0.717, 1.165) is 10.0 Å². The van der Waals surface area contributed by atoms with Gasteiger partial charge in [-0.3, -0.25) is 9.69 Å². The molecule has 5 heteroatoms. The van der Waals surface area contributed by atoms with E-state index in [1.807, 2.05) is 62.2 Å². The van der Waals surface area contributed by atoms with E-state index >= 15 is 0 Å². The summed E-state index contributed by atoms with van der Waals surface area (Å²) in [5.41, 5.74) is 1.86. The molecular formula is C19H23BrN2O2. The van der Waals surface area contributed by atoms with Gasteiger partial charge in [-0.05, 0) is 50.7 Å². The Morgan fingerprint density at radius 2 is 1.88 bits per heavy atom. The maximum absolute atomic E-state index is 12.5. The number of carbonyl (C=O) groups excluding carboxylic acids is 1. The first-order chi connectivity index (χ1) is 11.5. The Hall–Kier alpha value is -1.85. The Balaban J connectivity index is 1.99. The third kappa shape index (κ3) is 5.08. The fourth-order valence-corrected chi connectivity index (χ4v) is 2.57. The van der Waals surface area contributed by atoms with Gasteiger partial charge in [-0.25, -0.2) is 0 Å². The summed E-state index contributed by atoms with van der Waals surface area (Å²) in [4.78, 5) is 14.6. The van der Waals surface area contributed by atoms with Gasteiger partial charge in [0, 0.05) is 11.0 Å². The van der Waals surface area contributed by atoms with Gasteiger partial charge in [-0.15, -0.1) is 0 Å². The Kier molecular flexibility index (Phi) is 6.82. The first-order valence-corrected chi connectivity index (χ1v) is 8.78. The summed E-state index contributed by atoms with van der Waals surface area (Å²) in [5, 5.41) is 2.96. The minimum atomic E-state index is -0.261. The summed E-state index contributed by atoms with van der Waals surface area (Å²) in [7, 11) is 1.95. The van der Waals surface area contributed by atoms with Gasteiger partial charge in [0.1, 0.15) is 5.75 Å². The van der Waals surface area contributed by atoms with Crippen LogP contribution < -0.4 is 10.1 Å². The second-order valence-corrected chi connectivity index (χ2v) is 6.55. The normalized spacial score (nSPS) is 12.0. The van der Waals surface area contributed by atoms with Crippen LogP contribution >= 0.6 is 15.9 Å². The lowest BCUT2D eigenvalue weighted by Crippen LogP contribution is -2.39. The number of benzene rings is 2. The molecule has 0 aliphatic carbocycles. The summed E-state index contributed by atoms with van der Waals surface area (Å²) < 4.78 is 6.60. The lowest BCUT2D eigenvalue weighted by molar-refractivity contribution is -0.120. The number of amides is 1.